The standard InChI is InChI=1S/C18H16N4O2/c1-10(23)14-11(2)24-18-16(15(14)13-7-5-4-6-8-13)17-20-12(3)21-22(17)9-19-18/h4-9,15H,1-3H3. The molecule has 1 aliphatic heterocycles. The number of fused-ring (bicyclic) bond motifs is 3. The first kappa shape index (κ1) is 14.6. The quantitative estimate of drug-likeness (QED) is 0.726. The maximum absolute atomic E-state index is 12.3. The molecule has 0 radical (unpaired) electrons. The third kappa shape index (κ3) is 2.11. The van der Waals surface area contributed by atoms with Crippen LogP contribution in [0.15, 0.2) is 48.0 Å². The Bertz CT molecular complexity index is 989. The maximum Gasteiger partial charge on any atom is 0.228 e. The molecule has 0 saturated heterocycles. The van der Waals surface area contributed by atoms with E-state index in [9.17, 15) is 4.79 Å². The van der Waals surface area contributed by atoms with E-state index in [2.05, 4.69) is 15.1 Å². The molecule has 4 rings (SSSR count). The van der Waals surface area contributed by atoms with Crippen molar-refractivity contribution in [3.8, 4) is 5.88 Å². The van der Waals surface area contributed by atoms with Crippen LogP contribution in [-0.4, -0.2) is 25.4 Å². The van der Waals surface area contributed by atoms with Crippen molar-refractivity contribution in [2.45, 2.75) is 26.7 Å². The van der Waals surface area contributed by atoms with Crippen molar-refractivity contribution >= 4 is 11.4 Å². The summed E-state index contributed by atoms with van der Waals surface area (Å²) in [5.74, 6) is 1.41. The number of carbonyl (C=O) groups is 1. The summed E-state index contributed by atoms with van der Waals surface area (Å²) >= 11 is 0. The summed E-state index contributed by atoms with van der Waals surface area (Å²) in [4.78, 5) is 21.2. The summed E-state index contributed by atoms with van der Waals surface area (Å²) in [6, 6.07) is 9.87. The lowest BCUT2D eigenvalue weighted by atomic mass is 9.82. The minimum Gasteiger partial charge on any atom is -0.443 e. The van der Waals surface area contributed by atoms with E-state index >= 15 is 0 Å². The van der Waals surface area contributed by atoms with Crippen molar-refractivity contribution < 1.29 is 9.53 Å². The largest absolute Gasteiger partial charge is 0.443 e. The molecule has 24 heavy (non-hydrogen) atoms. The van der Waals surface area contributed by atoms with Crippen molar-refractivity contribution in [2.75, 3.05) is 0 Å². The Labute approximate surface area is 138 Å². The van der Waals surface area contributed by atoms with Gasteiger partial charge in [-0.2, -0.15) is 5.10 Å². The smallest absolute Gasteiger partial charge is 0.228 e. The monoisotopic (exact) mass is 320 g/mol. The zero-order valence-corrected chi connectivity index (χ0v) is 13.6. The molecule has 1 aliphatic rings. The highest BCUT2D eigenvalue weighted by Crippen LogP contribution is 2.43. The van der Waals surface area contributed by atoms with Gasteiger partial charge >= 0.3 is 0 Å². The molecule has 0 spiro atoms. The van der Waals surface area contributed by atoms with Crippen LogP contribution in [0.1, 0.15) is 36.7 Å². The topological polar surface area (TPSA) is 69.4 Å². The number of aryl methyl sites for hydroxylation is 1. The second kappa shape index (κ2) is 5.26. The van der Waals surface area contributed by atoms with Crippen molar-refractivity contribution in [1.29, 1.82) is 0 Å². The van der Waals surface area contributed by atoms with Crippen LogP contribution in [0.5, 0.6) is 5.88 Å². The first-order valence-electron chi connectivity index (χ1n) is 7.72. The van der Waals surface area contributed by atoms with Gasteiger partial charge in [0.25, 0.3) is 0 Å². The molecule has 120 valence electrons. The number of aromatic nitrogens is 4. The van der Waals surface area contributed by atoms with Gasteiger partial charge in [0.15, 0.2) is 11.4 Å². The first-order chi connectivity index (χ1) is 11.6. The Morgan fingerprint density at radius 2 is 1.96 bits per heavy atom. The molecule has 1 unspecified atom stereocenters. The fraction of sp³-hybridized carbons (Fsp3) is 0.222. The van der Waals surface area contributed by atoms with Gasteiger partial charge in [0.1, 0.15) is 17.9 Å². The van der Waals surface area contributed by atoms with Gasteiger partial charge in [0.2, 0.25) is 5.88 Å². The van der Waals surface area contributed by atoms with Gasteiger partial charge in [-0.05, 0) is 26.3 Å². The van der Waals surface area contributed by atoms with E-state index in [-0.39, 0.29) is 11.7 Å². The Morgan fingerprint density at radius 1 is 1.21 bits per heavy atom. The van der Waals surface area contributed by atoms with Crippen LogP contribution in [0, 0.1) is 6.92 Å². The molecule has 3 aromatic rings. The van der Waals surface area contributed by atoms with E-state index < -0.39 is 0 Å². The Morgan fingerprint density at radius 3 is 2.67 bits per heavy atom. The van der Waals surface area contributed by atoms with Crippen LogP contribution in [0.3, 0.4) is 0 Å². The average molecular weight is 320 g/mol. The van der Waals surface area contributed by atoms with Gasteiger partial charge in [0.05, 0.1) is 5.56 Å². The fourth-order valence-electron chi connectivity index (χ4n) is 3.28. The van der Waals surface area contributed by atoms with E-state index in [0.717, 1.165) is 11.1 Å². The van der Waals surface area contributed by atoms with Crippen molar-refractivity contribution in [3.05, 3.63) is 64.9 Å². The lowest BCUT2D eigenvalue weighted by Crippen LogP contribution is -2.22. The highest BCUT2D eigenvalue weighted by atomic mass is 16.5. The van der Waals surface area contributed by atoms with Gasteiger partial charge in [-0.25, -0.2) is 14.5 Å². The van der Waals surface area contributed by atoms with E-state index in [1.807, 2.05) is 37.3 Å². The summed E-state index contributed by atoms with van der Waals surface area (Å²) in [5, 5.41) is 4.32. The number of ether oxygens (including phenoxy) is 1. The van der Waals surface area contributed by atoms with Gasteiger partial charge in [-0.3, -0.25) is 4.79 Å². The predicted molar refractivity (Wildman–Crippen MR) is 87.8 cm³/mol. The van der Waals surface area contributed by atoms with Crippen LogP contribution in [0.2, 0.25) is 0 Å². The molecule has 3 heterocycles. The number of allylic oxidation sites excluding steroid dienone is 2. The van der Waals surface area contributed by atoms with E-state index in [1.54, 1.807) is 24.7 Å². The Kier molecular flexibility index (Phi) is 3.19. The third-order valence-corrected chi connectivity index (χ3v) is 4.21. The first-order valence-corrected chi connectivity index (χ1v) is 7.72. The third-order valence-electron chi connectivity index (χ3n) is 4.21. The molecule has 1 aromatic carbocycles. The van der Waals surface area contributed by atoms with Gasteiger partial charge in [-0.1, -0.05) is 30.3 Å². The molecule has 1 atom stereocenters. The van der Waals surface area contributed by atoms with E-state index in [0.29, 0.717) is 28.7 Å². The van der Waals surface area contributed by atoms with Crippen molar-refractivity contribution in [3.63, 3.8) is 0 Å². The summed E-state index contributed by atoms with van der Waals surface area (Å²) in [5.41, 5.74) is 3.07. The van der Waals surface area contributed by atoms with Crippen LogP contribution in [0.4, 0.5) is 0 Å². The molecule has 0 aliphatic carbocycles. The normalized spacial score (nSPS) is 16.9. The number of hydrogen-bond donors (Lipinski definition) is 0. The number of nitrogens with zero attached hydrogens (tertiary/aromatic N) is 4. The van der Waals surface area contributed by atoms with E-state index in [4.69, 9.17) is 4.74 Å². The Hall–Kier alpha value is -3.02. The fourth-order valence-corrected chi connectivity index (χ4v) is 3.28. The SMILES string of the molecule is CC(=O)C1=C(C)Oc2ncn3nc(C)nc3c2C1c1ccccc1. The zero-order chi connectivity index (χ0) is 16.8. The molecule has 0 fully saturated rings. The molecule has 6 nitrogen and oxygen atoms in total. The highest BCUT2D eigenvalue weighted by molar-refractivity contribution is 5.97. The number of Topliss-reactive ketones (excluding diaryl/α,β-unsaturated/α-hetero) is 1. The zero-order valence-electron chi connectivity index (χ0n) is 13.6. The molecule has 0 N–H and O–H groups in total. The maximum atomic E-state index is 12.3. The number of carbonyl (C=O) groups excluding carboxylic acids is 1. The molecule has 2 aromatic heterocycles. The number of rotatable bonds is 2. The minimum absolute atomic E-state index is 0.0229. The minimum atomic E-state index is -0.271. The number of benzene rings is 1. The lowest BCUT2D eigenvalue weighted by molar-refractivity contribution is -0.114. The predicted octanol–water partition coefficient (Wildman–Crippen LogP) is 2.82. The molecule has 6 heteroatoms. The van der Waals surface area contributed by atoms with Crippen LogP contribution in [0.25, 0.3) is 5.65 Å². The summed E-state index contributed by atoms with van der Waals surface area (Å²) in [6.07, 6.45) is 1.59. The van der Waals surface area contributed by atoms with Gasteiger partial charge < -0.3 is 4.74 Å². The molecule has 0 saturated carbocycles. The van der Waals surface area contributed by atoms with Crippen LogP contribution >= 0.6 is 0 Å². The molecule has 0 amide bonds. The van der Waals surface area contributed by atoms with E-state index in [1.165, 1.54) is 0 Å². The van der Waals surface area contributed by atoms with Gasteiger partial charge in [0, 0.05) is 11.5 Å². The van der Waals surface area contributed by atoms with Crippen molar-refractivity contribution in [1.82, 2.24) is 19.6 Å². The Balaban J connectivity index is 2.07. The van der Waals surface area contributed by atoms with Crippen LogP contribution < -0.4 is 4.74 Å². The lowest BCUT2D eigenvalue weighted by Gasteiger charge is -2.28. The molecular formula is C18H16N4O2. The van der Waals surface area contributed by atoms with Crippen LogP contribution in [-0.2, 0) is 4.79 Å². The molecule has 0 bridgehead atoms. The average Bonchev–Trinajstić information content (AvgIpc) is 2.94. The summed E-state index contributed by atoms with van der Waals surface area (Å²) in [6.45, 7) is 5.19. The summed E-state index contributed by atoms with van der Waals surface area (Å²) in [7, 11) is 0. The molecular weight excluding hydrogens is 304 g/mol. The van der Waals surface area contributed by atoms with Gasteiger partial charge in [-0.15, -0.1) is 0 Å². The second-order valence-corrected chi connectivity index (χ2v) is 5.86. The second-order valence-electron chi connectivity index (χ2n) is 5.86. The number of hydrogen-bond acceptors (Lipinski definition) is 5. The number of ketones is 1. The summed E-state index contributed by atoms with van der Waals surface area (Å²) < 4.78 is 7.47. The highest BCUT2D eigenvalue weighted by Gasteiger charge is 2.35. The van der Waals surface area contributed by atoms with Crippen molar-refractivity contribution in [2.24, 2.45) is 0 Å².